The zero-order valence-electron chi connectivity index (χ0n) is 17.7. The molecule has 2 aromatic carbocycles. The van der Waals surface area contributed by atoms with Gasteiger partial charge in [-0.05, 0) is 66.7 Å². The maximum atomic E-state index is 13.0. The number of carbonyl (C=O) groups excluding carboxylic acids is 1. The fourth-order valence-electron chi connectivity index (χ4n) is 3.12. The highest BCUT2D eigenvalue weighted by Gasteiger charge is 2.22. The van der Waals surface area contributed by atoms with Crippen molar-refractivity contribution in [2.24, 2.45) is 0 Å². The summed E-state index contributed by atoms with van der Waals surface area (Å²) in [5.41, 5.74) is 0.0745. The van der Waals surface area contributed by atoms with E-state index in [1.54, 1.807) is 24.3 Å². The Morgan fingerprint density at radius 2 is 1.76 bits per heavy atom. The van der Waals surface area contributed by atoms with Crippen LogP contribution in [0.15, 0.2) is 87.1 Å². The number of furan rings is 1. The summed E-state index contributed by atoms with van der Waals surface area (Å²) in [6.45, 7) is 0. The summed E-state index contributed by atoms with van der Waals surface area (Å²) in [4.78, 5) is 27.5. The molecule has 0 aliphatic heterocycles. The van der Waals surface area contributed by atoms with Gasteiger partial charge in [-0.3, -0.25) is 14.3 Å². The molecule has 0 spiro atoms. The van der Waals surface area contributed by atoms with E-state index in [0.717, 1.165) is 0 Å². The highest BCUT2D eigenvalue weighted by atomic mass is 35.5. The number of rotatable bonds is 7. The number of sulfonamides is 1. The lowest BCUT2D eigenvalue weighted by Crippen LogP contribution is -2.23. The number of aromatic amines is 1. The molecule has 174 valence electrons. The minimum atomic E-state index is -4.08. The quantitative estimate of drug-likeness (QED) is 0.346. The summed E-state index contributed by atoms with van der Waals surface area (Å²) in [6.07, 6.45) is 1.46. The first-order valence-corrected chi connectivity index (χ1v) is 11.7. The first-order chi connectivity index (χ1) is 16.3. The Hall–Kier alpha value is -4.02. The van der Waals surface area contributed by atoms with Crippen molar-refractivity contribution < 1.29 is 22.4 Å². The van der Waals surface area contributed by atoms with E-state index in [1.807, 2.05) is 0 Å². The first kappa shape index (κ1) is 23.1. The van der Waals surface area contributed by atoms with Gasteiger partial charge in [0, 0.05) is 16.4 Å². The summed E-state index contributed by atoms with van der Waals surface area (Å²) in [5.74, 6) is -0.200. The van der Waals surface area contributed by atoms with Gasteiger partial charge in [-0.15, -0.1) is 0 Å². The van der Waals surface area contributed by atoms with Crippen molar-refractivity contribution in [3.05, 3.63) is 93.9 Å². The lowest BCUT2D eigenvalue weighted by atomic mass is 10.2. The van der Waals surface area contributed by atoms with Crippen molar-refractivity contribution in [3.8, 4) is 17.2 Å². The average molecular weight is 500 g/mol. The van der Waals surface area contributed by atoms with Gasteiger partial charge < -0.3 is 19.5 Å². The number of anilines is 2. The van der Waals surface area contributed by atoms with Gasteiger partial charge in [-0.25, -0.2) is 8.42 Å². The smallest absolute Gasteiger partial charge is 0.265 e. The zero-order chi connectivity index (χ0) is 24.3. The van der Waals surface area contributed by atoms with Gasteiger partial charge in [0.1, 0.15) is 22.0 Å². The van der Waals surface area contributed by atoms with Crippen LogP contribution in [0.25, 0.3) is 11.5 Å². The molecule has 0 aliphatic carbocycles. The van der Waals surface area contributed by atoms with Crippen LogP contribution in [-0.4, -0.2) is 26.4 Å². The number of benzene rings is 2. The van der Waals surface area contributed by atoms with Crippen LogP contribution in [0.1, 0.15) is 10.4 Å². The summed E-state index contributed by atoms with van der Waals surface area (Å²) in [5, 5.41) is 3.00. The van der Waals surface area contributed by atoms with Gasteiger partial charge in [0.25, 0.3) is 21.5 Å². The Kier molecular flexibility index (Phi) is 6.44. The highest BCUT2D eigenvalue weighted by Crippen LogP contribution is 2.29. The second kappa shape index (κ2) is 9.46. The maximum absolute atomic E-state index is 13.0. The van der Waals surface area contributed by atoms with Crippen LogP contribution in [0.5, 0.6) is 5.75 Å². The molecule has 4 rings (SSSR count). The molecule has 0 aliphatic rings. The number of hydrogen-bond donors (Lipinski definition) is 3. The topological polar surface area (TPSA) is 130 Å². The summed E-state index contributed by atoms with van der Waals surface area (Å²) >= 11 is 5.85. The number of halogens is 1. The molecule has 0 fully saturated rings. The van der Waals surface area contributed by atoms with Crippen LogP contribution < -0.4 is 20.3 Å². The van der Waals surface area contributed by atoms with Crippen LogP contribution in [-0.2, 0) is 10.0 Å². The summed E-state index contributed by atoms with van der Waals surface area (Å²) in [6, 6.07) is 16.4. The molecular weight excluding hydrogens is 482 g/mol. The Labute approximate surface area is 199 Å². The van der Waals surface area contributed by atoms with E-state index in [-0.39, 0.29) is 21.9 Å². The van der Waals surface area contributed by atoms with Crippen molar-refractivity contribution in [1.82, 2.24) is 4.98 Å². The van der Waals surface area contributed by atoms with E-state index in [2.05, 4.69) is 15.0 Å². The van der Waals surface area contributed by atoms with Gasteiger partial charge >= 0.3 is 0 Å². The standard InChI is InChI=1S/C23H18ClN3O6S/c1-32-20-11-8-16(13-21(20)34(30,31)27-15-6-4-14(24)5-7-15)25-22(28)17-9-10-18(26-23(17)29)19-3-2-12-33-19/h2-13,27H,1H3,(H,25,28)(H,26,29). The Balaban J connectivity index is 1.59. The maximum Gasteiger partial charge on any atom is 0.265 e. The van der Waals surface area contributed by atoms with Crippen molar-refractivity contribution >= 4 is 38.9 Å². The third-order valence-electron chi connectivity index (χ3n) is 4.75. The van der Waals surface area contributed by atoms with Crippen LogP contribution in [0.4, 0.5) is 11.4 Å². The van der Waals surface area contributed by atoms with Gasteiger partial charge in [0.05, 0.1) is 19.1 Å². The number of methoxy groups -OCH3 is 1. The molecule has 3 N–H and O–H groups in total. The predicted octanol–water partition coefficient (Wildman–Crippen LogP) is 4.35. The number of pyridine rings is 1. The lowest BCUT2D eigenvalue weighted by molar-refractivity contribution is 0.102. The van der Waals surface area contributed by atoms with E-state index < -0.39 is 21.5 Å². The van der Waals surface area contributed by atoms with Crippen molar-refractivity contribution in [2.45, 2.75) is 4.90 Å². The van der Waals surface area contributed by atoms with E-state index in [0.29, 0.717) is 22.2 Å². The molecule has 9 nitrogen and oxygen atoms in total. The van der Waals surface area contributed by atoms with E-state index in [9.17, 15) is 18.0 Å². The lowest BCUT2D eigenvalue weighted by Gasteiger charge is -2.14. The van der Waals surface area contributed by atoms with E-state index >= 15 is 0 Å². The van der Waals surface area contributed by atoms with Gasteiger partial charge in [-0.1, -0.05) is 11.6 Å². The normalized spacial score (nSPS) is 11.1. The predicted molar refractivity (Wildman–Crippen MR) is 128 cm³/mol. The molecule has 1 amide bonds. The monoisotopic (exact) mass is 499 g/mol. The van der Waals surface area contributed by atoms with Gasteiger partial charge in [-0.2, -0.15) is 0 Å². The molecule has 0 atom stereocenters. The minimum Gasteiger partial charge on any atom is -0.495 e. The fourth-order valence-corrected chi connectivity index (χ4v) is 4.50. The molecule has 0 saturated heterocycles. The molecule has 34 heavy (non-hydrogen) atoms. The number of nitrogens with one attached hydrogen (secondary N) is 3. The van der Waals surface area contributed by atoms with Crippen LogP contribution in [0.3, 0.4) is 0 Å². The number of amides is 1. The number of ether oxygens (including phenoxy) is 1. The van der Waals surface area contributed by atoms with Crippen LogP contribution >= 0.6 is 11.6 Å². The van der Waals surface area contributed by atoms with Crippen LogP contribution in [0.2, 0.25) is 5.02 Å². The summed E-state index contributed by atoms with van der Waals surface area (Å²) < 4.78 is 38.8. The van der Waals surface area contributed by atoms with Crippen molar-refractivity contribution in [1.29, 1.82) is 0 Å². The van der Waals surface area contributed by atoms with Crippen molar-refractivity contribution in [2.75, 3.05) is 17.1 Å². The SMILES string of the molecule is COc1ccc(NC(=O)c2ccc(-c3ccco3)[nH]c2=O)cc1S(=O)(=O)Nc1ccc(Cl)cc1. The minimum absolute atomic E-state index is 0.0695. The Morgan fingerprint density at radius 3 is 2.41 bits per heavy atom. The highest BCUT2D eigenvalue weighted by molar-refractivity contribution is 7.92. The molecular formula is C23H18ClN3O6S. The fraction of sp³-hybridized carbons (Fsp3) is 0.0435. The third-order valence-corrected chi connectivity index (χ3v) is 6.40. The average Bonchev–Trinajstić information content (AvgIpc) is 3.35. The molecule has 0 bridgehead atoms. The number of H-pyrrole nitrogens is 1. The van der Waals surface area contributed by atoms with Crippen LogP contribution in [0, 0.1) is 0 Å². The Morgan fingerprint density at radius 1 is 1.03 bits per heavy atom. The molecule has 11 heteroatoms. The number of hydrogen-bond acceptors (Lipinski definition) is 6. The largest absolute Gasteiger partial charge is 0.495 e. The first-order valence-electron chi connectivity index (χ1n) is 9.82. The van der Waals surface area contributed by atoms with E-state index in [1.165, 1.54) is 55.8 Å². The summed E-state index contributed by atoms with van der Waals surface area (Å²) in [7, 11) is -2.75. The van der Waals surface area contributed by atoms with Gasteiger partial charge in [0.2, 0.25) is 0 Å². The number of carbonyl (C=O) groups is 1. The molecule has 0 radical (unpaired) electrons. The van der Waals surface area contributed by atoms with Crippen molar-refractivity contribution in [3.63, 3.8) is 0 Å². The molecule has 0 saturated carbocycles. The second-order valence-electron chi connectivity index (χ2n) is 7.02. The zero-order valence-corrected chi connectivity index (χ0v) is 19.2. The molecule has 2 heterocycles. The second-order valence-corrected chi connectivity index (χ2v) is 9.11. The van der Waals surface area contributed by atoms with Gasteiger partial charge in [0.15, 0.2) is 0 Å². The molecule has 0 unspecified atom stereocenters. The van der Waals surface area contributed by atoms with E-state index in [4.69, 9.17) is 20.8 Å². The Bertz CT molecular complexity index is 1500. The molecule has 4 aromatic rings. The third kappa shape index (κ3) is 4.98. The molecule has 2 aromatic heterocycles. The number of aromatic nitrogens is 1.